The molecule has 0 heterocycles. The van der Waals surface area contributed by atoms with Crippen molar-refractivity contribution in [1.29, 1.82) is 0 Å². The van der Waals surface area contributed by atoms with Gasteiger partial charge < -0.3 is 20.4 Å². The fourth-order valence-electron chi connectivity index (χ4n) is 2.67. The third-order valence-electron chi connectivity index (χ3n) is 4.19. The first-order chi connectivity index (χ1) is 12.0. The van der Waals surface area contributed by atoms with Crippen LogP contribution in [0, 0.1) is 0 Å². The Bertz CT molecular complexity index is 541. The molecule has 3 atom stereocenters. The number of carboxylic acids is 1. The molecule has 0 fully saturated rings. The second kappa shape index (κ2) is 11.8. The number of aliphatic carboxylic acids is 1. The van der Waals surface area contributed by atoms with Gasteiger partial charge in [-0.25, -0.2) is 0 Å². The average molecular weight is 350 g/mol. The van der Waals surface area contributed by atoms with Gasteiger partial charge in [0.15, 0.2) is 0 Å². The van der Waals surface area contributed by atoms with Crippen molar-refractivity contribution in [3.63, 3.8) is 0 Å². The predicted molar refractivity (Wildman–Crippen MR) is 98.1 cm³/mol. The first kappa shape index (κ1) is 21.4. The number of hydrogen-bond acceptors (Lipinski definition) is 4. The Morgan fingerprint density at radius 1 is 1.08 bits per heavy atom. The molecule has 1 rings (SSSR count). The topological polar surface area (TPSA) is 98.0 Å². The highest BCUT2D eigenvalue weighted by Crippen LogP contribution is 2.24. The zero-order chi connectivity index (χ0) is 18.7. The lowest BCUT2D eigenvalue weighted by molar-refractivity contribution is -0.137. The number of aliphatic hydroxyl groups is 3. The Morgan fingerprint density at radius 2 is 1.80 bits per heavy atom. The van der Waals surface area contributed by atoms with Crippen molar-refractivity contribution in [2.75, 3.05) is 0 Å². The molecule has 1 aromatic rings. The number of hydrogen-bond donors (Lipinski definition) is 4. The van der Waals surface area contributed by atoms with Crippen LogP contribution in [0.2, 0.25) is 0 Å². The van der Waals surface area contributed by atoms with Crippen LogP contribution in [0.3, 0.4) is 0 Å². The molecule has 25 heavy (non-hydrogen) atoms. The minimum Gasteiger partial charge on any atom is -0.481 e. The third kappa shape index (κ3) is 8.29. The highest BCUT2D eigenvalue weighted by Gasteiger charge is 2.15. The summed E-state index contributed by atoms with van der Waals surface area (Å²) in [6.07, 6.45) is 4.90. The van der Waals surface area contributed by atoms with Crippen molar-refractivity contribution in [3.05, 3.63) is 41.5 Å². The predicted octanol–water partition coefficient (Wildman–Crippen LogP) is 3.29. The van der Waals surface area contributed by atoms with E-state index in [0.29, 0.717) is 12.8 Å². The molecule has 0 aromatic heterocycles. The molecule has 0 bridgehead atoms. The van der Waals surface area contributed by atoms with E-state index in [1.54, 1.807) is 6.08 Å². The summed E-state index contributed by atoms with van der Waals surface area (Å²) in [5, 5.41) is 38.9. The fourth-order valence-corrected chi connectivity index (χ4v) is 2.67. The molecular formula is C20H30O5. The molecule has 0 radical (unpaired) electrons. The summed E-state index contributed by atoms with van der Waals surface area (Å²) in [7, 11) is 0. The van der Waals surface area contributed by atoms with E-state index in [-0.39, 0.29) is 12.8 Å². The van der Waals surface area contributed by atoms with Crippen molar-refractivity contribution in [2.24, 2.45) is 0 Å². The number of carboxylic acid groups (broad SMARTS) is 1. The van der Waals surface area contributed by atoms with Gasteiger partial charge in [-0.2, -0.15) is 0 Å². The summed E-state index contributed by atoms with van der Waals surface area (Å²) in [6.45, 7) is 2.12. The van der Waals surface area contributed by atoms with Gasteiger partial charge in [-0.05, 0) is 30.4 Å². The molecule has 0 aliphatic rings. The average Bonchev–Trinajstić information content (AvgIpc) is 2.59. The summed E-state index contributed by atoms with van der Waals surface area (Å²) >= 11 is 0. The van der Waals surface area contributed by atoms with Crippen LogP contribution in [0.5, 0.6) is 0 Å². The quantitative estimate of drug-likeness (QED) is 0.434. The van der Waals surface area contributed by atoms with Crippen LogP contribution in [0.15, 0.2) is 30.3 Å². The SMILES string of the molecule is CCCCC[C@H](O)c1ccccc1C=C[C@@H](O)[C@@H](O)CCCC(=O)O. The molecule has 0 aliphatic carbocycles. The number of aliphatic hydroxyl groups excluding tert-OH is 3. The van der Waals surface area contributed by atoms with Crippen molar-refractivity contribution in [3.8, 4) is 0 Å². The van der Waals surface area contributed by atoms with E-state index in [1.165, 1.54) is 6.08 Å². The summed E-state index contributed by atoms with van der Waals surface area (Å²) < 4.78 is 0. The Labute approximate surface area is 149 Å². The second-order valence-corrected chi connectivity index (χ2v) is 6.34. The lowest BCUT2D eigenvalue weighted by Crippen LogP contribution is -2.23. The summed E-state index contributed by atoms with van der Waals surface area (Å²) in [5.74, 6) is -0.914. The van der Waals surface area contributed by atoms with Gasteiger partial charge in [0.05, 0.1) is 18.3 Å². The number of rotatable bonds is 12. The van der Waals surface area contributed by atoms with Crippen LogP contribution in [0.1, 0.15) is 69.1 Å². The highest BCUT2D eigenvalue weighted by atomic mass is 16.4. The lowest BCUT2D eigenvalue weighted by atomic mass is 9.97. The van der Waals surface area contributed by atoms with Gasteiger partial charge in [0.1, 0.15) is 0 Å². The Hall–Kier alpha value is -1.69. The van der Waals surface area contributed by atoms with Gasteiger partial charge in [0.25, 0.3) is 0 Å². The zero-order valence-corrected chi connectivity index (χ0v) is 14.8. The number of carbonyl (C=O) groups is 1. The normalized spacial score (nSPS) is 15.2. The van der Waals surface area contributed by atoms with Crippen molar-refractivity contribution >= 4 is 12.0 Å². The lowest BCUT2D eigenvalue weighted by Gasteiger charge is -2.16. The van der Waals surface area contributed by atoms with Crippen LogP contribution in [-0.4, -0.2) is 38.6 Å². The van der Waals surface area contributed by atoms with Gasteiger partial charge in [-0.3, -0.25) is 4.79 Å². The Morgan fingerprint density at radius 3 is 2.48 bits per heavy atom. The first-order valence-corrected chi connectivity index (χ1v) is 8.98. The highest BCUT2D eigenvalue weighted by molar-refractivity contribution is 5.66. The molecule has 1 aromatic carbocycles. The standard InChI is InChI=1S/C20H30O5/c1-2-3-4-10-17(21)16-9-6-5-8-15(16)13-14-19(23)18(22)11-7-12-20(24)25/h5-6,8-9,13-14,17-19,21-23H,2-4,7,10-12H2,1H3,(H,24,25)/t17-,18-,19+/m0/s1. The maximum absolute atomic E-state index is 10.5. The van der Waals surface area contributed by atoms with E-state index >= 15 is 0 Å². The molecule has 0 spiro atoms. The van der Waals surface area contributed by atoms with Gasteiger partial charge >= 0.3 is 5.97 Å². The Balaban J connectivity index is 2.65. The van der Waals surface area contributed by atoms with Crippen molar-refractivity contribution in [1.82, 2.24) is 0 Å². The smallest absolute Gasteiger partial charge is 0.303 e. The van der Waals surface area contributed by atoms with E-state index in [2.05, 4.69) is 6.92 Å². The molecule has 0 saturated carbocycles. The Kier molecular flexibility index (Phi) is 10.1. The van der Waals surface area contributed by atoms with Crippen LogP contribution < -0.4 is 0 Å². The van der Waals surface area contributed by atoms with E-state index < -0.39 is 24.3 Å². The maximum atomic E-state index is 10.5. The molecule has 0 aliphatic heterocycles. The van der Waals surface area contributed by atoms with Crippen molar-refractivity contribution in [2.45, 2.75) is 70.2 Å². The molecule has 0 amide bonds. The molecular weight excluding hydrogens is 320 g/mol. The van der Waals surface area contributed by atoms with Crippen LogP contribution in [0.4, 0.5) is 0 Å². The molecule has 5 nitrogen and oxygen atoms in total. The second-order valence-electron chi connectivity index (χ2n) is 6.34. The molecule has 0 unspecified atom stereocenters. The zero-order valence-electron chi connectivity index (χ0n) is 14.8. The van der Waals surface area contributed by atoms with Crippen LogP contribution in [0.25, 0.3) is 6.08 Å². The van der Waals surface area contributed by atoms with E-state index in [4.69, 9.17) is 5.11 Å². The van der Waals surface area contributed by atoms with Crippen molar-refractivity contribution < 1.29 is 25.2 Å². The molecule has 4 N–H and O–H groups in total. The fraction of sp³-hybridized carbons (Fsp3) is 0.550. The minimum atomic E-state index is -1.07. The number of unbranched alkanes of at least 4 members (excludes halogenated alkanes) is 2. The largest absolute Gasteiger partial charge is 0.481 e. The van der Waals surface area contributed by atoms with E-state index in [1.807, 2.05) is 24.3 Å². The summed E-state index contributed by atoms with van der Waals surface area (Å²) in [6, 6.07) is 7.45. The van der Waals surface area contributed by atoms with Crippen LogP contribution >= 0.6 is 0 Å². The van der Waals surface area contributed by atoms with E-state index in [9.17, 15) is 20.1 Å². The third-order valence-corrected chi connectivity index (χ3v) is 4.19. The summed E-state index contributed by atoms with van der Waals surface area (Å²) in [4.78, 5) is 10.5. The maximum Gasteiger partial charge on any atom is 0.303 e. The molecule has 0 saturated heterocycles. The molecule has 140 valence electrons. The monoisotopic (exact) mass is 350 g/mol. The van der Waals surface area contributed by atoms with Gasteiger partial charge in [-0.1, -0.05) is 62.6 Å². The van der Waals surface area contributed by atoms with E-state index in [0.717, 1.165) is 30.4 Å². The summed E-state index contributed by atoms with van der Waals surface area (Å²) in [5.41, 5.74) is 1.62. The molecule has 5 heteroatoms. The number of benzene rings is 1. The van der Waals surface area contributed by atoms with Crippen LogP contribution in [-0.2, 0) is 4.79 Å². The van der Waals surface area contributed by atoms with Gasteiger partial charge in [0, 0.05) is 6.42 Å². The van der Waals surface area contributed by atoms with Gasteiger partial charge in [-0.15, -0.1) is 0 Å². The van der Waals surface area contributed by atoms with Gasteiger partial charge in [0.2, 0.25) is 0 Å². The minimum absolute atomic E-state index is 0.0275. The first-order valence-electron chi connectivity index (χ1n) is 8.98.